The molecule has 1 spiro atoms. The van der Waals surface area contributed by atoms with Gasteiger partial charge in [-0.05, 0) is 54.2 Å². The molecule has 0 radical (unpaired) electrons. The summed E-state index contributed by atoms with van der Waals surface area (Å²) in [4.78, 5) is 68.0. The number of amides is 5. The zero-order valence-corrected chi connectivity index (χ0v) is 26.6. The van der Waals surface area contributed by atoms with Gasteiger partial charge in [0, 0.05) is 38.3 Å². The van der Waals surface area contributed by atoms with E-state index in [4.69, 9.17) is 5.73 Å². The van der Waals surface area contributed by atoms with Crippen molar-refractivity contribution in [1.82, 2.24) is 25.8 Å². The molecule has 248 valence electrons. The number of anilines is 1. The summed E-state index contributed by atoms with van der Waals surface area (Å²) < 4.78 is 0. The molecular weight excluding hydrogens is 598 g/mol. The van der Waals surface area contributed by atoms with Gasteiger partial charge in [0.25, 0.3) is 0 Å². The van der Waals surface area contributed by atoms with Gasteiger partial charge in [-0.3, -0.25) is 28.9 Å². The second-order valence-corrected chi connectivity index (χ2v) is 12.2. The lowest BCUT2D eigenvalue weighted by Gasteiger charge is -2.43. The van der Waals surface area contributed by atoms with E-state index in [1.165, 1.54) is 16.3 Å². The average molecular weight is 642 g/mol. The Morgan fingerprint density at radius 3 is 2.17 bits per heavy atom. The third-order valence-corrected chi connectivity index (χ3v) is 8.94. The minimum atomic E-state index is -0.762. The summed E-state index contributed by atoms with van der Waals surface area (Å²) in [6, 6.07) is 24.5. The predicted octanol–water partition coefficient (Wildman–Crippen LogP) is 1.48. The molecule has 2 aliphatic heterocycles. The first kappa shape index (κ1) is 33.4. The predicted molar refractivity (Wildman–Crippen MR) is 179 cm³/mol. The Morgan fingerprint density at radius 1 is 0.766 bits per heavy atom. The molecule has 5 rings (SSSR count). The topological polar surface area (TPSA) is 157 Å². The van der Waals surface area contributed by atoms with Gasteiger partial charge in [-0.1, -0.05) is 60.7 Å². The fourth-order valence-electron chi connectivity index (χ4n) is 6.44. The van der Waals surface area contributed by atoms with E-state index in [1.807, 2.05) is 36.4 Å². The van der Waals surface area contributed by atoms with Gasteiger partial charge in [0.05, 0.1) is 19.8 Å². The van der Waals surface area contributed by atoms with Crippen molar-refractivity contribution in [3.05, 3.63) is 78.4 Å². The van der Waals surface area contributed by atoms with Crippen molar-refractivity contribution in [3.63, 3.8) is 0 Å². The van der Waals surface area contributed by atoms with E-state index in [-0.39, 0.29) is 50.4 Å². The summed E-state index contributed by atoms with van der Waals surface area (Å²) in [5.74, 6) is -1.82. The number of para-hydroxylation sites is 1. The molecule has 12 heteroatoms. The van der Waals surface area contributed by atoms with E-state index in [0.717, 1.165) is 25.3 Å². The number of likely N-dealkylation sites (tertiary alicyclic amines) is 1. The standard InChI is InChI=1S/C35H43N7O5/c36-30(43)15-6-7-18-37-31(44)21-38-32(45)22-39-33(46)24-41-25-42(28-12-2-1-3-13-28)35(34(41)47)16-19-40(20-17-35)23-27-11-8-10-26-9-4-5-14-29(26)27/h1-5,8-14H,6-7,15-25H2,(H2,36,43)(H,37,44)(H,38,45)(H,39,46). The number of nitrogens with two attached hydrogens (primary N) is 1. The zero-order chi connectivity index (χ0) is 33.2. The number of nitrogens with one attached hydrogen (secondary N) is 3. The highest BCUT2D eigenvalue weighted by Crippen LogP contribution is 2.39. The van der Waals surface area contributed by atoms with Crippen molar-refractivity contribution >= 4 is 46.0 Å². The van der Waals surface area contributed by atoms with Crippen molar-refractivity contribution in [2.24, 2.45) is 5.73 Å². The third kappa shape index (κ3) is 8.44. The number of piperidine rings is 1. The van der Waals surface area contributed by atoms with Gasteiger partial charge in [-0.15, -0.1) is 0 Å². The van der Waals surface area contributed by atoms with Crippen LogP contribution in [0.4, 0.5) is 5.69 Å². The molecule has 2 saturated heterocycles. The van der Waals surface area contributed by atoms with Crippen LogP contribution < -0.4 is 26.6 Å². The molecule has 47 heavy (non-hydrogen) atoms. The largest absolute Gasteiger partial charge is 0.370 e. The first-order valence-electron chi connectivity index (χ1n) is 16.1. The van der Waals surface area contributed by atoms with E-state index in [2.05, 4.69) is 62.1 Å². The van der Waals surface area contributed by atoms with Gasteiger partial charge in [0.15, 0.2) is 0 Å². The summed E-state index contributed by atoms with van der Waals surface area (Å²) in [7, 11) is 0. The van der Waals surface area contributed by atoms with Crippen LogP contribution >= 0.6 is 0 Å². The van der Waals surface area contributed by atoms with E-state index in [9.17, 15) is 24.0 Å². The maximum absolute atomic E-state index is 14.1. The Morgan fingerprint density at radius 2 is 1.43 bits per heavy atom. The Hall–Kier alpha value is -4.97. The fraction of sp³-hybridized carbons (Fsp3) is 0.400. The number of fused-ring (bicyclic) bond motifs is 1. The van der Waals surface area contributed by atoms with E-state index in [0.29, 0.717) is 32.2 Å². The zero-order valence-electron chi connectivity index (χ0n) is 26.6. The molecule has 0 aromatic heterocycles. The maximum atomic E-state index is 14.1. The van der Waals surface area contributed by atoms with Gasteiger partial charge >= 0.3 is 0 Å². The van der Waals surface area contributed by atoms with Crippen LogP contribution in [0, 0.1) is 0 Å². The van der Waals surface area contributed by atoms with E-state index < -0.39 is 17.4 Å². The quantitative estimate of drug-likeness (QED) is 0.194. The highest BCUT2D eigenvalue weighted by Gasteiger charge is 2.54. The van der Waals surface area contributed by atoms with Crippen LogP contribution in [-0.2, 0) is 30.5 Å². The van der Waals surface area contributed by atoms with Gasteiger partial charge in [0.1, 0.15) is 12.1 Å². The number of unbranched alkanes of at least 4 members (excludes halogenated alkanes) is 1. The SMILES string of the molecule is NC(=O)CCCCNC(=O)CNC(=O)CNC(=O)CN1CN(c2ccccc2)C2(CCN(Cc3cccc4ccccc34)CC2)C1=O. The smallest absolute Gasteiger partial charge is 0.250 e. The Labute approximate surface area is 274 Å². The molecule has 0 atom stereocenters. The molecule has 2 aliphatic rings. The lowest BCUT2D eigenvalue weighted by molar-refractivity contribution is -0.137. The van der Waals surface area contributed by atoms with Gasteiger partial charge in [-0.2, -0.15) is 0 Å². The van der Waals surface area contributed by atoms with Crippen molar-refractivity contribution < 1.29 is 24.0 Å². The number of hydrogen-bond donors (Lipinski definition) is 4. The second kappa shape index (κ2) is 15.5. The normalized spacial score (nSPS) is 16.0. The lowest BCUT2D eigenvalue weighted by atomic mass is 9.85. The number of carbonyl (C=O) groups is 5. The van der Waals surface area contributed by atoms with Crippen molar-refractivity contribution in [2.75, 3.05) is 50.8 Å². The van der Waals surface area contributed by atoms with E-state index in [1.54, 1.807) is 4.90 Å². The van der Waals surface area contributed by atoms with Crippen LogP contribution in [0.25, 0.3) is 10.8 Å². The highest BCUT2D eigenvalue weighted by molar-refractivity contribution is 5.97. The number of carbonyl (C=O) groups excluding carboxylic acids is 5. The molecule has 12 nitrogen and oxygen atoms in total. The van der Waals surface area contributed by atoms with Crippen molar-refractivity contribution in [2.45, 2.75) is 44.2 Å². The summed E-state index contributed by atoms with van der Waals surface area (Å²) in [6.07, 6.45) is 2.67. The average Bonchev–Trinajstić information content (AvgIpc) is 3.33. The van der Waals surface area contributed by atoms with Gasteiger partial charge in [-0.25, -0.2) is 0 Å². The van der Waals surface area contributed by atoms with Crippen LogP contribution in [0.15, 0.2) is 72.8 Å². The molecule has 2 fully saturated rings. The number of nitrogens with zero attached hydrogens (tertiary/aromatic N) is 3. The summed E-state index contributed by atoms with van der Waals surface area (Å²) in [5, 5.41) is 10.1. The molecule has 0 bridgehead atoms. The minimum absolute atomic E-state index is 0.0849. The van der Waals surface area contributed by atoms with Gasteiger partial charge in [0.2, 0.25) is 29.5 Å². The number of rotatable bonds is 14. The molecular formula is C35H43N7O5. The number of hydrogen-bond acceptors (Lipinski definition) is 7. The maximum Gasteiger partial charge on any atom is 0.250 e. The Balaban J connectivity index is 1.13. The Kier molecular flexibility index (Phi) is 11.0. The number of primary amides is 1. The Bertz CT molecular complexity index is 1580. The van der Waals surface area contributed by atoms with Crippen LogP contribution in [0.3, 0.4) is 0 Å². The fourth-order valence-corrected chi connectivity index (χ4v) is 6.44. The lowest BCUT2D eigenvalue weighted by Crippen LogP contribution is -2.56. The molecule has 3 aromatic rings. The molecule has 0 saturated carbocycles. The molecule has 2 heterocycles. The monoisotopic (exact) mass is 641 g/mol. The first-order valence-corrected chi connectivity index (χ1v) is 16.1. The summed E-state index contributed by atoms with van der Waals surface area (Å²) in [6.45, 7) is 2.17. The van der Waals surface area contributed by atoms with Crippen LogP contribution in [0.5, 0.6) is 0 Å². The molecule has 0 unspecified atom stereocenters. The van der Waals surface area contributed by atoms with Gasteiger partial charge < -0.3 is 31.5 Å². The number of benzene rings is 3. The van der Waals surface area contributed by atoms with Crippen LogP contribution in [0.1, 0.15) is 37.7 Å². The minimum Gasteiger partial charge on any atom is -0.370 e. The second-order valence-electron chi connectivity index (χ2n) is 12.2. The summed E-state index contributed by atoms with van der Waals surface area (Å²) >= 11 is 0. The van der Waals surface area contributed by atoms with Crippen LogP contribution in [0.2, 0.25) is 0 Å². The molecule has 0 aliphatic carbocycles. The summed E-state index contributed by atoms with van der Waals surface area (Å²) in [5.41, 5.74) is 6.52. The third-order valence-electron chi connectivity index (χ3n) is 8.94. The van der Waals surface area contributed by atoms with Crippen LogP contribution in [-0.4, -0.2) is 90.8 Å². The molecule has 3 aromatic carbocycles. The molecule has 5 amide bonds. The first-order chi connectivity index (χ1) is 22.7. The van der Waals surface area contributed by atoms with Crippen molar-refractivity contribution in [3.8, 4) is 0 Å². The molecule has 5 N–H and O–H groups in total. The van der Waals surface area contributed by atoms with E-state index >= 15 is 0 Å². The van der Waals surface area contributed by atoms with Crippen molar-refractivity contribution in [1.29, 1.82) is 0 Å². The highest BCUT2D eigenvalue weighted by atomic mass is 16.2.